The smallest absolute Gasteiger partial charge is 0.252 e. The molecule has 4 rings (SSSR count). The first kappa shape index (κ1) is 25.6. The van der Waals surface area contributed by atoms with Crippen LogP contribution in [0.2, 0.25) is 0 Å². The average molecular weight is 501 g/mol. The number of carbonyl (C=O) groups is 1. The number of carbonyl (C=O) groups excluding carboxylic acids is 1. The molecule has 0 saturated carbocycles. The van der Waals surface area contributed by atoms with Crippen molar-refractivity contribution < 1.29 is 9.18 Å². The largest absolute Gasteiger partial charge is 0.345 e. The Balaban J connectivity index is 1.65. The highest BCUT2D eigenvalue weighted by atomic mass is 19.1. The van der Waals surface area contributed by atoms with Crippen molar-refractivity contribution in [2.45, 2.75) is 46.1 Å². The molecule has 37 heavy (non-hydrogen) atoms. The van der Waals surface area contributed by atoms with E-state index in [0.717, 1.165) is 23.3 Å². The van der Waals surface area contributed by atoms with E-state index in [2.05, 4.69) is 42.6 Å². The van der Waals surface area contributed by atoms with Gasteiger partial charge in [-0.2, -0.15) is 10.3 Å². The second kappa shape index (κ2) is 11.5. The van der Waals surface area contributed by atoms with Crippen LogP contribution in [0.3, 0.4) is 0 Å². The van der Waals surface area contributed by atoms with Crippen LogP contribution in [0.1, 0.15) is 56.0 Å². The van der Waals surface area contributed by atoms with E-state index in [1.165, 1.54) is 12.1 Å². The van der Waals surface area contributed by atoms with Gasteiger partial charge in [0.2, 0.25) is 5.82 Å². The van der Waals surface area contributed by atoms with Crippen molar-refractivity contribution in [3.05, 3.63) is 89.7 Å². The lowest BCUT2D eigenvalue weighted by molar-refractivity contribution is -0.116. The number of benzene rings is 1. The van der Waals surface area contributed by atoms with Gasteiger partial charge in [-0.15, -0.1) is 10.2 Å². The Morgan fingerprint density at radius 2 is 2.03 bits per heavy atom. The molecule has 10 heteroatoms. The number of pyridine rings is 1. The van der Waals surface area contributed by atoms with Crippen LogP contribution >= 0.6 is 0 Å². The molecule has 3 aromatic heterocycles. The van der Waals surface area contributed by atoms with Crippen molar-refractivity contribution in [2.75, 3.05) is 0 Å². The van der Waals surface area contributed by atoms with E-state index >= 15 is 0 Å². The second-order valence-electron chi connectivity index (χ2n) is 8.60. The van der Waals surface area contributed by atoms with Gasteiger partial charge in [-0.25, -0.2) is 9.07 Å². The molecule has 9 nitrogen and oxygen atoms in total. The molecule has 0 saturated heterocycles. The molecular weight excluding hydrogens is 471 g/mol. The van der Waals surface area contributed by atoms with E-state index in [-0.39, 0.29) is 17.8 Å². The van der Waals surface area contributed by atoms with Crippen molar-refractivity contribution in [1.82, 2.24) is 40.7 Å². The van der Waals surface area contributed by atoms with Crippen LogP contribution in [0.4, 0.5) is 4.39 Å². The Morgan fingerprint density at radius 3 is 2.70 bits per heavy atom. The third kappa shape index (κ3) is 5.85. The van der Waals surface area contributed by atoms with Crippen molar-refractivity contribution >= 4 is 11.5 Å². The average Bonchev–Trinajstić information content (AvgIpc) is 3.59. The molecule has 0 fully saturated rings. The van der Waals surface area contributed by atoms with Crippen molar-refractivity contribution in [1.29, 1.82) is 0 Å². The van der Waals surface area contributed by atoms with Crippen LogP contribution in [0, 0.1) is 12.7 Å². The minimum Gasteiger partial charge on any atom is -0.345 e. The number of hydrogen-bond donors (Lipinski definition) is 2. The fourth-order valence-corrected chi connectivity index (χ4v) is 3.95. The van der Waals surface area contributed by atoms with Crippen LogP contribution in [0.15, 0.2) is 67.0 Å². The summed E-state index contributed by atoms with van der Waals surface area (Å²) in [5.74, 6) is -0.169. The van der Waals surface area contributed by atoms with E-state index in [0.29, 0.717) is 41.2 Å². The molecule has 4 aromatic rings. The zero-order valence-electron chi connectivity index (χ0n) is 21.1. The van der Waals surface area contributed by atoms with E-state index in [1.807, 2.05) is 39.0 Å². The number of tetrazole rings is 1. The number of rotatable bonds is 10. The molecular formula is C27H29FN8O. The number of halogens is 1. The molecule has 0 aliphatic carbocycles. The van der Waals surface area contributed by atoms with Gasteiger partial charge < -0.3 is 5.32 Å². The number of aromatic nitrogens is 7. The predicted octanol–water partition coefficient (Wildman–Crippen LogP) is 4.90. The molecule has 0 aliphatic heterocycles. The van der Waals surface area contributed by atoms with Crippen LogP contribution in [0.5, 0.6) is 0 Å². The summed E-state index contributed by atoms with van der Waals surface area (Å²) in [6.45, 7) is 10.0. The zero-order chi connectivity index (χ0) is 26.4. The van der Waals surface area contributed by atoms with Crippen LogP contribution in [-0.2, 0) is 4.79 Å². The van der Waals surface area contributed by atoms with Gasteiger partial charge in [0.25, 0.3) is 5.91 Å². The quantitative estimate of drug-likeness (QED) is 0.236. The molecule has 0 bridgehead atoms. The fourth-order valence-electron chi connectivity index (χ4n) is 3.95. The van der Waals surface area contributed by atoms with Crippen molar-refractivity contribution in [2.24, 2.45) is 0 Å². The predicted molar refractivity (Wildman–Crippen MR) is 139 cm³/mol. The van der Waals surface area contributed by atoms with Gasteiger partial charge in [-0.1, -0.05) is 32.1 Å². The van der Waals surface area contributed by atoms with Gasteiger partial charge in [0.1, 0.15) is 11.5 Å². The number of nitrogens with zero attached hydrogens (tertiary/aromatic N) is 6. The zero-order valence-corrected chi connectivity index (χ0v) is 21.1. The molecule has 3 heterocycles. The summed E-state index contributed by atoms with van der Waals surface area (Å²) in [5.41, 5.74) is 5.13. The summed E-state index contributed by atoms with van der Waals surface area (Å²) in [7, 11) is 0. The van der Waals surface area contributed by atoms with E-state index in [9.17, 15) is 9.18 Å². The Morgan fingerprint density at radius 1 is 1.24 bits per heavy atom. The maximum Gasteiger partial charge on any atom is 0.252 e. The van der Waals surface area contributed by atoms with Gasteiger partial charge >= 0.3 is 0 Å². The van der Waals surface area contributed by atoms with Gasteiger partial charge in [-0.05, 0) is 73.4 Å². The molecule has 190 valence electrons. The molecule has 2 N–H and O–H groups in total. The number of hydrogen-bond acceptors (Lipinski definition) is 6. The summed E-state index contributed by atoms with van der Waals surface area (Å²) in [6, 6.07) is 9.50. The van der Waals surface area contributed by atoms with Gasteiger partial charge in [0, 0.05) is 23.0 Å². The molecule has 0 radical (unpaired) electrons. The second-order valence-corrected chi connectivity index (χ2v) is 8.60. The lowest BCUT2D eigenvalue weighted by Gasteiger charge is -2.19. The Kier molecular flexibility index (Phi) is 7.97. The first-order valence-electron chi connectivity index (χ1n) is 12.1. The minimum absolute atomic E-state index is 0.226. The van der Waals surface area contributed by atoms with Crippen LogP contribution in [-0.4, -0.2) is 41.3 Å². The number of H-pyrrole nitrogens is 1. The van der Waals surface area contributed by atoms with Gasteiger partial charge in [0.15, 0.2) is 0 Å². The SMILES string of the molecule is C=C(CC)CC=C(C(=O)NC(CC)c1ccnc(-c2nn[nH]n2)c1)c1cnn(-c2ccc(F)cc2)c1C. The Bertz CT molecular complexity index is 1410. The van der Waals surface area contributed by atoms with Crippen molar-refractivity contribution in [3.8, 4) is 17.2 Å². The van der Waals surface area contributed by atoms with E-state index < -0.39 is 0 Å². The normalized spacial score (nSPS) is 12.4. The highest BCUT2D eigenvalue weighted by molar-refractivity contribution is 6.20. The lowest BCUT2D eigenvalue weighted by Crippen LogP contribution is -2.29. The molecule has 0 aliphatic rings. The number of allylic oxidation sites excluding steroid dienone is 2. The van der Waals surface area contributed by atoms with E-state index in [1.54, 1.807) is 29.2 Å². The molecule has 1 amide bonds. The van der Waals surface area contributed by atoms with Gasteiger partial charge in [-0.3, -0.25) is 9.78 Å². The molecule has 1 atom stereocenters. The molecule has 1 aromatic carbocycles. The van der Waals surface area contributed by atoms with Crippen LogP contribution < -0.4 is 5.32 Å². The van der Waals surface area contributed by atoms with E-state index in [4.69, 9.17) is 0 Å². The lowest BCUT2D eigenvalue weighted by atomic mass is 10.00. The van der Waals surface area contributed by atoms with Gasteiger partial charge in [0.05, 0.1) is 17.9 Å². The number of nitrogens with one attached hydrogen (secondary N) is 2. The third-order valence-electron chi connectivity index (χ3n) is 6.19. The molecule has 1 unspecified atom stereocenters. The Hall–Kier alpha value is -4.47. The summed E-state index contributed by atoms with van der Waals surface area (Å²) in [6.07, 6.45) is 7.25. The van der Waals surface area contributed by atoms with Crippen LogP contribution in [0.25, 0.3) is 22.8 Å². The maximum atomic E-state index is 13.7. The highest BCUT2D eigenvalue weighted by Gasteiger charge is 2.22. The topological polar surface area (TPSA) is 114 Å². The standard InChI is InChI=1S/C27H29FN8O/c1-5-17(3)7-12-22(23-16-30-36(18(23)4)21-10-8-20(28)9-11-21)27(37)31-24(6-2)19-13-14-29-25(15-19)26-32-34-35-33-26/h8-16,24H,3,5-7H2,1-2,4H3,(H,31,37)(H,32,33,34,35). The summed E-state index contributed by atoms with van der Waals surface area (Å²) in [5, 5.41) is 21.6. The first-order valence-corrected chi connectivity index (χ1v) is 12.1. The summed E-state index contributed by atoms with van der Waals surface area (Å²) < 4.78 is 15.1. The minimum atomic E-state index is -0.323. The number of aromatic amines is 1. The summed E-state index contributed by atoms with van der Waals surface area (Å²) in [4.78, 5) is 18.0. The maximum absolute atomic E-state index is 13.7. The molecule has 0 spiro atoms. The first-order chi connectivity index (χ1) is 17.9. The fraction of sp³-hybridized carbons (Fsp3) is 0.259. The third-order valence-corrected chi connectivity index (χ3v) is 6.19. The van der Waals surface area contributed by atoms with Crippen molar-refractivity contribution in [3.63, 3.8) is 0 Å². The monoisotopic (exact) mass is 500 g/mol. The summed E-state index contributed by atoms with van der Waals surface area (Å²) >= 11 is 0. The number of amides is 1. The highest BCUT2D eigenvalue weighted by Crippen LogP contribution is 2.26. The Labute approximate surface area is 214 Å².